The zero-order valence-electron chi connectivity index (χ0n) is 11.8. The molecule has 0 radical (unpaired) electrons. The molecule has 20 heavy (non-hydrogen) atoms. The van der Waals surface area contributed by atoms with Crippen LogP contribution in [-0.4, -0.2) is 30.6 Å². The lowest BCUT2D eigenvalue weighted by Gasteiger charge is -2.18. The molecule has 1 rings (SSSR count). The number of ether oxygens (including phenoxy) is 1. The van der Waals surface area contributed by atoms with Gasteiger partial charge < -0.3 is 15.2 Å². The van der Waals surface area contributed by atoms with E-state index in [4.69, 9.17) is 9.84 Å². The van der Waals surface area contributed by atoms with Gasteiger partial charge in [-0.3, -0.25) is 9.59 Å². The van der Waals surface area contributed by atoms with Gasteiger partial charge >= 0.3 is 5.97 Å². The van der Waals surface area contributed by atoms with Crippen LogP contribution in [0.5, 0.6) is 5.75 Å². The lowest BCUT2D eigenvalue weighted by molar-refractivity contribution is -0.146. The van der Waals surface area contributed by atoms with Gasteiger partial charge in [-0.25, -0.2) is 0 Å². The number of carboxylic acid groups (broad SMARTS) is 1. The fraction of sp³-hybridized carbons (Fsp3) is 0.333. The second kappa shape index (κ2) is 6.75. The molecule has 0 bridgehead atoms. The number of hydrogen-bond acceptors (Lipinski definition) is 3. The third-order valence-corrected chi connectivity index (χ3v) is 2.84. The van der Waals surface area contributed by atoms with Crippen LogP contribution in [-0.2, 0) is 9.59 Å². The highest BCUT2D eigenvalue weighted by atomic mass is 16.5. The molecular formula is C15H19NO4. The summed E-state index contributed by atoms with van der Waals surface area (Å²) >= 11 is 0. The second-order valence-corrected chi connectivity index (χ2v) is 4.98. The van der Waals surface area contributed by atoms with Crippen molar-refractivity contribution in [2.75, 3.05) is 13.7 Å². The van der Waals surface area contributed by atoms with Gasteiger partial charge in [-0.2, -0.15) is 0 Å². The lowest BCUT2D eigenvalue weighted by Crippen LogP contribution is -2.38. The van der Waals surface area contributed by atoms with E-state index in [1.54, 1.807) is 33.1 Å². The van der Waals surface area contributed by atoms with Crippen LogP contribution in [0.25, 0.3) is 6.08 Å². The summed E-state index contributed by atoms with van der Waals surface area (Å²) in [4.78, 5) is 22.6. The fourth-order valence-electron chi connectivity index (χ4n) is 1.41. The van der Waals surface area contributed by atoms with E-state index in [1.807, 2.05) is 18.2 Å². The maximum absolute atomic E-state index is 11.7. The topological polar surface area (TPSA) is 75.6 Å². The highest BCUT2D eigenvalue weighted by molar-refractivity contribution is 5.92. The molecule has 0 aliphatic carbocycles. The Morgan fingerprint density at radius 3 is 2.60 bits per heavy atom. The number of nitrogens with one attached hydrogen (secondary N) is 1. The van der Waals surface area contributed by atoms with Crippen LogP contribution in [0.15, 0.2) is 30.3 Å². The van der Waals surface area contributed by atoms with E-state index in [0.717, 1.165) is 5.56 Å². The molecule has 0 aliphatic rings. The van der Waals surface area contributed by atoms with Gasteiger partial charge in [0.15, 0.2) is 0 Å². The van der Waals surface area contributed by atoms with Crippen LogP contribution in [0.4, 0.5) is 0 Å². The average molecular weight is 277 g/mol. The van der Waals surface area contributed by atoms with Gasteiger partial charge in [-0.1, -0.05) is 18.2 Å². The number of carbonyl (C=O) groups is 2. The van der Waals surface area contributed by atoms with Gasteiger partial charge in [0.1, 0.15) is 5.75 Å². The summed E-state index contributed by atoms with van der Waals surface area (Å²) in [6, 6.07) is 7.30. The maximum Gasteiger partial charge on any atom is 0.310 e. The molecule has 0 aromatic heterocycles. The first-order chi connectivity index (χ1) is 9.36. The Bertz CT molecular complexity index is 520. The molecular weight excluding hydrogens is 258 g/mol. The molecule has 0 saturated carbocycles. The van der Waals surface area contributed by atoms with Crippen molar-refractivity contribution < 1.29 is 19.4 Å². The smallest absolute Gasteiger partial charge is 0.310 e. The summed E-state index contributed by atoms with van der Waals surface area (Å²) in [6.45, 7) is 3.18. The van der Waals surface area contributed by atoms with Crippen LogP contribution < -0.4 is 10.1 Å². The van der Waals surface area contributed by atoms with Crippen molar-refractivity contribution in [3.05, 3.63) is 35.9 Å². The first kappa shape index (κ1) is 15.8. The first-order valence-electron chi connectivity index (χ1n) is 6.19. The molecule has 108 valence electrons. The SMILES string of the molecule is COc1ccccc1/C=C/C(=O)NCC(C)(C)C(=O)O. The zero-order valence-corrected chi connectivity index (χ0v) is 11.8. The Morgan fingerprint density at radius 2 is 2.00 bits per heavy atom. The van der Waals surface area contributed by atoms with E-state index in [2.05, 4.69) is 5.32 Å². The predicted octanol–water partition coefficient (Wildman–Crippen LogP) is 1.94. The number of hydrogen-bond donors (Lipinski definition) is 2. The predicted molar refractivity (Wildman–Crippen MR) is 76.5 cm³/mol. The van der Waals surface area contributed by atoms with Crippen molar-refractivity contribution in [3.8, 4) is 5.75 Å². The fourth-order valence-corrected chi connectivity index (χ4v) is 1.41. The summed E-state index contributed by atoms with van der Waals surface area (Å²) < 4.78 is 5.16. The molecule has 0 spiro atoms. The molecule has 1 aromatic rings. The van der Waals surface area contributed by atoms with E-state index < -0.39 is 11.4 Å². The molecule has 0 unspecified atom stereocenters. The summed E-state index contributed by atoms with van der Waals surface area (Å²) in [6.07, 6.45) is 2.98. The van der Waals surface area contributed by atoms with Gasteiger partial charge in [0, 0.05) is 18.2 Å². The standard InChI is InChI=1S/C15H19NO4/c1-15(2,14(18)19)10-16-13(17)9-8-11-6-4-5-7-12(11)20-3/h4-9H,10H2,1-3H3,(H,16,17)(H,18,19)/b9-8+. The van der Waals surface area contributed by atoms with Gasteiger partial charge in [-0.05, 0) is 26.0 Å². The van der Waals surface area contributed by atoms with Crippen molar-refractivity contribution in [1.82, 2.24) is 5.32 Å². The second-order valence-electron chi connectivity index (χ2n) is 4.98. The Hall–Kier alpha value is -2.30. The molecule has 0 heterocycles. The largest absolute Gasteiger partial charge is 0.496 e. The van der Waals surface area contributed by atoms with Crippen LogP contribution in [0.2, 0.25) is 0 Å². The van der Waals surface area contributed by atoms with Gasteiger partial charge in [0.2, 0.25) is 5.91 Å². The van der Waals surface area contributed by atoms with Crippen LogP contribution in [0.1, 0.15) is 19.4 Å². The molecule has 2 N–H and O–H groups in total. The first-order valence-corrected chi connectivity index (χ1v) is 6.19. The van der Waals surface area contributed by atoms with Crippen LogP contribution in [0.3, 0.4) is 0 Å². The Labute approximate surface area is 118 Å². The van der Waals surface area contributed by atoms with E-state index in [-0.39, 0.29) is 12.5 Å². The van der Waals surface area contributed by atoms with Crippen LogP contribution >= 0.6 is 0 Å². The Morgan fingerprint density at radius 1 is 1.35 bits per heavy atom. The normalized spacial score (nSPS) is 11.3. The minimum atomic E-state index is -0.992. The number of aliphatic carboxylic acids is 1. The van der Waals surface area contributed by atoms with Gasteiger partial charge in [-0.15, -0.1) is 0 Å². The van der Waals surface area contributed by atoms with Crippen molar-refractivity contribution >= 4 is 18.0 Å². The summed E-state index contributed by atoms with van der Waals surface area (Å²) in [5.41, 5.74) is -0.212. The van der Waals surface area contributed by atoms with E-state index in [0.29, 0.717) is 5.75 Å². The monoisotopic (exact) mass is 277 g/mol. The highest BCUT2D eigenvalue weighted by Crippen LogP contribution is 2.18. The zero-order chi connectivity index (χ0) is 15.2. The van der Waals surface area contributed by atoms with Crippen molar-refractivity contribution in [3.63, 3.8) is 0 Å². The maximum atomic E-state index is 11.7. The summed E-state index contributed by atoms with van der Waals surface area (Å²) in [5.74, 6) is -0.626. The van der Waals surface area contributed by atoms with E-state index in [1.165, 1.54) is 6.08 Å². The van der Waals surface area contributed by atoms with Crippen LogP contribution in [0, 0.1) is 5.41 Å². The minimum absolute atomic E-state index is 0.0669. The molecule has 0 aliphatic heterocycles. The van der Waals surface area contributed by atoms with Gasteiger partial charge in [0.05, 0.1) is 12.5 Å². The summed E-state index contributed by atoms with van der Waals surface area (Å²) in [7, 11) is 1.56. The molecule has 0 saturated heterocycles. The Kier molecular flexibility index (Phi) is 5.32. The number of benzene rings is 1. The molecule has 5 nitrogen and oxygen atoms in total. The molecule has 1 amide bonds. The highest BCUT2D eigenvalue weighted by Gasteiger charge is 2.27. The van der Waals surface area contributed by atoms with Crippen molar-refractivity contribution in [2.24, 2.45) is 5.41 Å². The lowest BCUT2D eigenvalue weighted by atomic mass is 9.94. The van der Waals surface area contributed by atoms with Crippen molar-refractivity contribution in [1.29, 1.82) is 0 Å². The third-order valence-electron chi connectivity index (χ3n) is 2.84. The number of rotatable bonds is 6. The third kappa shape index (κ3) is 4.42. The quantitative estimate of drug-likeness (QED) is 0.779. The molecule has 5 heteroatoms. The van der Waals surface area contributed by atoms with E-state index in [9.17, 15) is 9.59 Å². The van der Waals surface area contributed by atoms with Crippen molar-refractivity contribution in [2.45, 2.75) is 13.8 Å². The average Bonchev–Trinajstić information content (AvgIpc) is 2.43. The molecule has 0 fully saturated rings. The number of methoxy groups -OCH3 is 1. The van der Waals surface area contributed by atoms with Gasteiger partial charge in [0.25, 0.3) is 0 Å². The summed E-state index contributed by atoms with van der Waals surface area (Å²) in [5, 5.41) is 11.5. The minimum Gasteiger partial charge on any atom is -0.496 e. The Balaban J connectivity index is 2.63. The number of para-hydroxylation sites is 1. The number of carbonyl (C=O) groups excluding carboxylic acids is 1. The molecule has 0 atom stereocenters. The number of carboxylic acids is 1. The number of amides is 1. The van der Waals surface area contributed by atoms with E-state index >= 15 is 0 Å². The molecule has 1 aromatic carbocycles.